The Bertz CT molecular complexity index is 358. The number of nitrogens with one attached hydrogen (secondary N) is 1. The first-order chi connectivity index (χ1) is 6.25. The van der Waals surface area contributed by atoms with Crippen molar-refractivity contribution in [3.63, 3.8) is 0 Å². The molecule has 0 aromatic carbocycles. The zero-order valence-electron chi connectivity index (χ0n) is 6.99. The van der Waals surface area contributed by atoms with Crippen LogP contribution in [0.2, 0.25) is 0 Å². The van der Waals surface area contributed by atoms with Gasteiger partial charge in [-0.1, -0.05) is 0 Å². The van der Waals surface area contributed by atoms with E-state index >= 15 is 0 Å². The van der Waals surface area contributed by atoms with Crippen molar-refractivity contribution in [2.75, 3.05) is 11.5 Å². The van der Waals surface area contributed by atoms with Gasteiger partial charge in [0.25, 0.3) is 0 Å². The van der Waals surface area contributed by atoms with Crippen molar-refractivity contribution in [3.8, 4) is 0 Å². The van der Waals surface area contributed by atoms with E-state index in [0.29, 0.717) is 5.82 Å². The average Bonchev–Trinajstić information content (AvgIpc) is 2.53. The predicted octanol–water partition coefficient (Wildman–Crippen LogP) is 0.315. The molecule has 1 fully saturated rings. The maximum atomic E-state index is 11.0. The topological polar surface area (TPSA) is 84.7 Å². The van der Waals surface area contributed by atoms with Crippen LogP contribution in [0.1, 0.15) is 23.9 Å². The molecule has 1 aromatic rings. The van der Waals surface area contributed by atoms with E-state index in [0.717, 1.165) is 12.2 Å². The van der Waals surface area contributed by atoms with Crippen LogP contribution in [0.4, 0.5) is 5.95 Å². The lowest BCUT2D eigenvalue weighted by Gasteiger charge is -2.06. The van der Waals surface area contributed by atoms with E-state index in [-0.39, 0.29) is 11.2 Å². The molecule has 0 aliphatic carbocycles. The minimum absolute atomic E-state index is 0.0613. The maximum Gasteiger partial charge on any atom is 0.349 e. The SMILES string of the molecule is Nc1nc(C2CCCS2)[nH]c(=O)n1. The van der Waals surface area contributed by atoms with Gasteiger partial charge in [0, 0.05) is 0 Å². The van der Waals surface area contributed by atoms with Gasteiger partial charge in [0.2, 0.25) is 5.95 Å². The van der Waals surface area contributed by atoms with E-state index in [9.17, 15) is 4.79 Å². The third-order valence-corrected chi connectivity index (χ3v) is 3.31. The van der Waals surface area contributed by atoms with E-state index in [1.165, 1.54) is 6.42 Å². The van der Waals surface area contributed by atoms with Gasteiger partial charge >= 0.3 is 5.69 Å². The molecule has 5 nitrogen and oxygen atoms in total. The Balaban J connectivity index is 2.33. The van der Waals surface area contributed by atoms with Crippen molar-refractivity contribution >= 4 is 17.7 Å². The second kappa shape index (κ2) is 3.37. The predicted molar refractivity (Wildman–Crippen MR) is 51.5 cm³/mol. The van der Waals surface area contributed by atoms with Gasteiger partial charge in [0.05, 0.1) is 5.25 Å². The van der Waals surface area contributed by atoms with Crippen LogP contribution in [0.15, 0.2) is 4.79 Å². The van der Waals surface area contributed by atoms with Crippen molar-refractivity contribution in [2.45, 2.75) is 18.1 Å². The first-order valence-electron chi connectivity index (χ1n) is 4.11. The number of nitrogens with two attached hydrogens (primary N) is 1. The van der Waals surface area contributed by atoms with Crippen molar-refractivity contribution in [1.29, 1.82) is 0 Å². The summed E-state index contributed by atoms with van der Waals surface area (Å²) in [5.41, 5.74) is 4.97. The van der Waals surface area contributed by atoms with Crippen LogP contribution in [-0.2, 0) is 0 Å². The number of hydrogen-bond donors (Lipinski definition) is 2. The summed E-state index contributed by atoms with van der Waals surface area (Å²) in [6.45, 7) is 0. The maximum absolute atomic E-state index is 11.0. The van der Waals surface area contributed by atoms with Gasteiger partial charge in [-0.05, 0) is 18.6 Å². The van der Waals surface area contributed by atoms with Crippen molar-refractivity contribution < 1.29 is 0 Å². The fraction of sp³-hybridized carbons (Fsp3) is 0.571. The molecular formula is C7H10N4OS. The Kier molecular flexibility index (Phi) is 2.22. The molecule has 0 radical (unpaired) electrons. The second-order valence-corrected chi connectivity index (χ2v) is 4.21. The highest BCUT2D eigenvalue weighted by atomic mass is 32.2. The molecule has 6 heteroatoms. The summed E-state index contributed by atoms with van der Waals surface area (Å²) in [7, 11) is 0. The molecule has 1 aromatic heterocycles. The number of H-pyrrole nitrogens is 1. The molecule has 2 heterocycles. The van der Waals surface area contributed by atoms with Gasteiger partial charge in [0.1, 0.15) is 5.82 Å². The van der Waals surface area contributed by atoms with Crippen LogP contribution in [0.5, 0.6) is 0 Å². The van der Waals surface area contributed by atoms with Crippen LogP contribution >= 0.6 is 11.8 Å². The molecule has 1 atom stereocenters. The number of aromatic amines is 1. The third kappa shape index (κ3) is 1.82. The highest BCUT2D eigenvalue weighted by Gasteiger charge is 2.20. The fourth-order valence-electron chi connectivity index (χ4n) is 1.36. The molecule has 13 heavy (non-hydrogen) atoms. The van der Waals surface area contributed by atoms with Gasteiger partial charge in [-0.15, -0.1) is 0 Å². The fourth-order valence-corrected chi connectivity index (χ4v) is 2.58. The number of rotatable bonds is 1. The third-order valence-electron chi connectivity index (χ3n) is 1.92. The Hall–Kier alpha value is -1.04. The Morgan fingerprint density at radius 3 is 3.00 bits per heavy atom. The Labute approximate surface area is 79.2 Å². The number of thioether (sulfide) groups is 1. The van der Waals surface area contributed by atoms with Crippen molar-refractivity contribution in [1.82, 2.24) is 15.0 Å². The summed E-state index contributed by atoms with van der Waals surface area (Å²) >= 11 is 1.80. The van der Waals surface area contributed by atoms with Crippen LogP contribution < -0.4 is 11.4 Å². The molecule has 1 saturated heterocycles. The number of hydrogen-bond acceptors (Lipinski definition) is 5. The second-order valence-electron chi connectivity index (χ2n) is 2.90. The number of nitrogens with zero attached hydrogens (tertiary/aromatic N) is 2. The molecule has 3 N–H and O–H groups in total. The van der Waals surface area contributed by atoms with E-state index < -0.39 is 5.69 Å². The average molecular weight is 198 g/mol. The molecule has 0 bridgehead atoms. The minimum Gasteiger partial charge on any atom is -0.368 e. The number of anilines is 1. The molecule has 2 rings (SSSR count). The zero-order valence-corrected chi connectivity index (χ0v) is 7.80. The van der Waals surface area contributed by atoms with Gasteiger partial charge in [-0.3, -0.25) is 4.98 Å². The molecular weight excluding hydrogens is 188 g/mol. The van der Waals surface area contributed by atoms with Crippen LogP contribution in [0.3, 0.4) is 0 Å². The lowest BCUT2D eigenvalue weighted by Crippen LogP contribution is -2.18. The summed E-state index contributed by atoms with van der Waals surface area (Å²) < 4.78 is 0. The van der Waals surface area contributed by atoms with E-state index in [1.807, 2.05) is 0 Å². The Morgan fingerprint density at radius 2 is 2.38 bits per heavy atom. The minimum atomic E-state index is -0.407. The number of aromatic nitrogens is 3. The molecule has 70 valence electrons. The highest BCUT2D eigenvalue weighted by molar-refractivity contribution is 7.99. The molecule has 0 saturated carbocycles. The van der Waals surface area contributed by atoms with Gasteiger partial charge in [0.15, 0.2) is 0 Å². The Morgan fingerprint density at radius 1 is 1.54 bits per heavy atom. The summed E-state index contributed by atoms with van der Waals surface area (Å²) in [6.07, 6.45) is 2.22. The van der Waals surface area contributed by atoms with E-state index in [2.05, 4.69) is 15.0 Å². The van der Waals surface area contributed by atoms with Crippen LogP contribution in [-0.4, -0.2) is 20.7 Å². The first-order valence-corrected chi connectivity index (χ1v) is 5.16. The summed E-state index contributed by atoms with van der Waals surface area (Å²) in [6, 6.07) is 0. The van der Waals surface area contributed by atoms with Gasteiger partial charge in [-0.2, -0.15) is 21.7 Å². The van der Waals surface area contributed by atoms with Gasteiger partial charge < -0.3 is 5.73 Å². The van der Waals surface area contributed by atoms with Crippen LogP contribution in [0.25, 0.3) is 0 Å². The molecule has 1 unspecified atom stereocenters. The van der Waals surface area contributed by atoms with E-state index in [4.69, 9.17) is 5.73 Å². The largest absolute Gasteiger partial charge is 0.368 e. The molecule has 1 aliphatic heterocycles. The first kappa shape index (κ1) is 8.55. The normalized spacial score (nSPS) is 22.0. The standard InChI is InChI=1S/C7H10N4OS/c8-6-9-5(10-7(12)11-6)4-2-1-3-13-4/h4H,1-3H2,(H3,8,9,10,11,12). The highest BCUT2D eigenvalue weighted by Crippen LogP contribution is 2.37. The molecule has 1 aliphatic rings. The number of nitrogen functional groups attached to an aromatic ring is 1. The summed E-state index contributed by atoms with van der Waals surface area (Å²) in [5, 5.41) is 0.290. The smallest absolute Gasteiger partial charge is 0.349 e. The molecule has 0 spiro atoms. The van der Waals surface area contributed by atoms with Gasteiger partial charge in [-0.25, -0.2) is 4.79 Å². The zero-order chi connectivity index (χ0) is 9.26. The van der Waals surface area contributed by atoms with Crippen molar-refractivity contribution in [2.24, 2.45) is 0 Å². The summed E-state index contributed by atoms with van der Waals surface area (Å²) in [4.78, 5) is 21.0. The molecule has 0 amide bonds. The lowest BCUT2D eigenvalue weighted by atomic mass is 10.2. The monoisotopic (exact) mass is 198 g/mol. The quantitative estimate of drug-likeness (QED) is 0.678. The lowest BCUT2D eigenvalue weighted by molar-refractivity contribution is 0.760. The summed E-state index contributed by atoms with van der Waals surface area (Å²) in [5.74, 6) is 1.85. The van der Waals surface area contributed by atoms with Crippen molar-refractivity contribution in [3.05, 3.63) is 16.3 Å². The van der Waals surface area contributed by atoms with Crippen LogP contribution in [0, 0.1) is 0 Å². The van der Waals surface area contributed by atoms with E-state index in [1.54, 1.807) is 11.8 Å².